The van der Waals surface area contributed by atoms with E-state index in [1.165, 1.54) is 31.2 Å². The fourth-order valence-corrected chi connectivity index (χ4v) is 2.52. The van der Waals surface area contributed by atoms with E-state index in [0.717, 1.165) is 10.7 Å². The Balaban J connectivity index is 2.29. The average Bonchev–Trinajstić information content (AvgIpc) is 2.71. The molecule has 0 unspecified atom stereocenters. The van der Waals surface area contributed by atoms with Crippen LogP contribution < -0.4 is 5.32 Å². The van der Waals surface area contributed by atoms with Gasteiger partial charge in [0.1, 0.15) is 0 Å². The molecule has 0 radical (unpaired) electrons. The summed E-state index contributed by atoms with van der Waals surface area (Å²) in [5.41, 5.74) is 2.49. The van der Waals surface area contributed by atoms with Gasteiger partial charge in [-0.1, -0.05) is 24.4 Å². The van der Waals surface area contributed by atoms with Crippen LogP contribution in [0.3, 0.4) is 0 Å². The van der Waals surface area contributed by atoms with Gasteiger partial charge in [-0.2, -0.15) is 0 Å². The standard InChI is InChI=1S/C12H16ClN/c1-14-10-6-7-12(13)11(8-10)9-4-2-3-5-9/h6-9,14H,2-5H2,1H3. The lowest BCUT2D eigenvalue weighted by atomic mass is 9.97. The molecule has 0 aromatic heterocycles. The molecule has 1 aliphatic carbocycles. The lowest BCUT2D eigenvalue weighted by Gasteiger charge is -2.13. The zero-order valence-corrected chi connectivity index (χ0v) is 9.27. The Kier molecular flexibility index (Phi) is 2.97. The molecule has 2 heteroatoms. The maximum atomic E-state index is 6.21. The van der Waals surface area contributed by atoms with Gasteiger partial charge in [0.25, 0.3) is 0 Å². The number of hydrogen-bond acceptors (Lipinski definition) is 1. The van der Waals surface area contributed by atoms with E-state index in [0.29, 0.717) is 5.92 Å². The van der Waals surface area contributed by atoms with Crippen molar-refractivity contribution in [3.63, 3.8) is 0 Å². The van der Waals surface area contributed by atoms with E-state index >= 15 is 0 Å². The number of halogens is 1. The van der Waals surface area contributed by atoms with E-state index in [1.807, 2.05) is 19.2 Å². The number of hydrogen-bond donors (Lipinski definition) is 1. The molecule has 1 nitrogen and oxygen atoms in total. The van der Waals surface area contributed by atoms with Crippen molar-refractivity contribution in [2.75, 3.05) is 12.4 Å². The average molecular weight is 210 g/mol. The second kappa shape index (κ2) is 4.22. The third kappa shape index (κ3) is 1.88. The monoisotopic (exact) mass is 209 g/mol. The highest BCUT2D eigenvalue weighted by molar-refractivity contribution is 6.31. The molecule has 1 saturated carbocycles. The number of benzene rings is 1. The predicted octanol–water partition coefficient (Wildman–Crippen LogP) is 4.04. The van der Waals surface area contributed by atoms with Crippen LogP contribution in [0, 0.1) is 0 Å². The largest absolute Gasteiger partial charge is 0.388 e. The smallest absolute Gasteiger partial charge is 0.0442 e. The van der Waals surface area contributed by atoms with E-state index in [-0.39, 0.29) is 0 Å². The second-order valence-corrected chi connectivity index (χ2v) is 4.37. The van der Waals surface area contributed by atoms with Crippen LogP contribution in [0.5, 0.6) is 0 Å². The molecule has 1 aliphatic rings. The Labute approximate surface area is 90.5 Å². The van der Waals surface area contributed by atoms with Crippen LogP contribution in [0.15, 0.2) is 18.2 Å². The molecule has 0 bridgehead atoms. The Bertz CT molecular complexity index is 316. The Morgan fingerprint density at radius 2 is 2.00 bits per heavy atom. The van der Waals surface area contributed by atoms with Gasteiger partial charge in [-0.05, 0) is 42.5 Å². The molecule has 1 N–H and O–H groups in total. The Morgan fingerprint density at radius 1 is 1.29 bits per heavy atom. The van der Waals surface area contributed by atoms with E-state index in [9.17, 15) is 0 Å². The third-order valence-corrected chi connectivity index (χ3v) is 3.42. The lowest BCUT2D eigenvalue weighted by Crippen LogP contribution is -1.96. The van der Waals surface area contributed by atoms with Gasteiger partial charge >= 0.3 is 0 Å². The second-order valence-electron chi connectivity index (χ2n) is 3.97. The minimum atomic E-state index is 0.691. The van der Waals surface area contributed by atoms with Gasteiger partial charge in [0.2, 0.25) is 0 Å². The number of nitrogens with one attached hydrogen (secondary N) is 1. The zero-order chi connectivity index (χ0) is 9.97. The quantitative estimate of drug-likeness (QED) is 0.775. The summed E-state index contributed by atoms with van der Waals surface area (Å²) in [6, 6.07) is 6.22. The van der Waals surface area contributed by atoms with E-state index in [4.69, 9.17) is 11.6 Å². The molecule has 0 heterocycles. The van der Waals surface area contributed by atoms with Crippen LogP contribution in [0.1, 0.15) is 37.2 Å². The molecule has 0 spiro atoms. The topological polar surface area (TPSA) is 12.0 Å². The lowest BCUT2D eigenvalue weighted by molar-refractivity contribution is 0.724. The van der Waals surface area contributed by atoms with Crippen molar-refractivity contribution in [2.24, 2.45) is 0 Å². The number of anilines is 1. The first kappa shape index (κ1) is 9.85. The molecule has 2 rings (SSSR count). The van der Waals surface area contributed by atoms with E-state index < -0.39 is 0 Å². The van der Waals surface area contributed by atoms with Crippen LogP contribution in [0.2, 0.25) is 5.02 Å². The molecule has 1 aromatic carbocycles. The highest BCUT2D eigenvalue weighted by atomic mass is 35.5. The van der Waals surface area contributed by atoms with Gasteiger partial charge in [0.05, 0.1) is 0 Å². The van der Waals surface area contributed by atoms with Gasteiger partial charge < -0.3 is 5.32 Å². The maximum Gasteiger partial charge on any atom is 0.0442 e. The number of rotatable bonds is 2. The molecule has 1 aromatic rings. The van der Waals surface area contributed by atoms with Crippen molar-refractivity contribution in [2.45, 2.75) is 31.6 Å². The fourth-order valence-electron chi connectivity index (χ4n) is 2.25. The molecule has 0 amide bonds. The highest BCUT2D eigenvalue weighted by Gasteiger charge is 2.19. The van der Waals surface area contributed by atoms with Crippen molar-refractivity contribution >= 4 is 17.3 Å². The van der Waals surface area contributed by atoms with Crippen molar-refractivity contribution in [1.29, 1.82) is 0 Å². The summed E-state index contributed by atoms with van der Waals surface area (Å²) >= 11 is 6.21. The molecule has 0 aliphatic heterocycles. The zero-order valence-electron chi connectivity index (χ0n) is 8.52. The van der Waals surface area contributed by atoms with Crippen molar-refractivity contribution in [3.05, 3.63) is 28.8 Å². The van der Waals surface area contributed by atoms with Crippen LogP contribution in [-0.4, -0.2) is 7.05 Å². The van der Waals surface area contributed by atoms with Crippen LogP contribution in [0.25, 0.3) is 0 Å². The highest BCUT2D eigenvalue weighted by Crippen LogP contribution is 2.38. The minimum absolute atomic E-state index is 0.691. The van der Waals surface area contributed by atoms with E-state index in [1.54, 1.807) is 0 Å². The van der Waals surface area contributed by atoms with Crippen LogP contribution in [0.4, 0.5) is 5.69 Å². The Morgan fingerprint density at radius 3 is 2.64 bits per heavy atom. The van der Waals surface area contributed by atoms with Gasteiger partial charge in [-0.15, -0.1) is 0 Å². The molecule has 0 atom stereocenters. The van der Waals surface area contributed by atoms with Gasteiger partial charge in [-0.3, -0.25) is 0 Å². The summed E-state index contributed by atoms with van der Waals surface area (Å²) in [4.78, 5) is 0. The molecule has 0 saturated heterocycles. The van der Waals surface area contributed by atoms with Crippen molar-refractivity contribution < 1.29 is 0 Å². The normalized spacial score (nSPS) is 17.3. The van der Waals surface area contributed by atoms with Crippen LogP contribution in [-0.2, 0) is 0 Å². The van der Waals surface area contributed by atoms with Crippen molar-refractivity contribution in [3.8, 4) is 0 Å². The first-order valence-electron chi connectivity index (χ1n) is 5.28. The molecule has 14 heavy (non-hydrogen) atoms. The van der Waals surface area contributed by atoms with Gasteiger partial charge in [0.15, 0.2) is 0 Å². The predicted molar refractivity (Wildman–Crippen MR) is 62.2 cm³/mol. The molecule has 1 fully saturated rings. The molecule has 76 valence electrons. The van der Waals surface area contributed by atoms with Crippen molar-refractivity contribution in [1.82, 2.24) is 0 Å². The summed E-state index contributed by atoms with van der Waals surface area (Å²) in [6.07, 6.45) is 5.30. The summed E-state index contributed by atoms with van der Waals surface area (Å²) in [5.74, 6) is 0.691. The van der Waals surface area contributed by atoms with Gasteiger partial charge in [-0.25, -0.2) is 0 Å². The summed E-state index contributed by atoms with van der Waals surface area (Å²) in [6.45, 7) is 0. The first-order valence-corrected chi connectivity index (χ1v) is 5.66. The molecular formula is C12H16ClN. The third-order valence-electron chi connectivity index (χ3n) is 3.08. The van der Waals surface area contributed by atoms with Gasteiger partial charge in [0, 0.05) is 17.8 Å². The Hall–Kier alpha value is -0.690. The maximum absolute atomic E-state index is 6.21. The van der Waals surface area contributed by atoms with E-state index in [2.05, 4.69) is 11.4 Å². The molecular weight excluding hydrogens is 194 g/mol. The summed E-state index contributed by atoms with van der Waals surface area (Å²) in [5, 5.41) is 4.09. The fraction of sp³-hybridized carbons (Fsp3) is 0.500. The summed E-state index contributed by atoms with van der Waals surface area (Å²) in [7, 11) is 1.95. The summed E-state index contributed by atoms with van der Waals surface area (Å²) < 4.78 is 0. The SMILES string of the molecule is CNc1ccc(Cl)c(C2CCCC2)c1. The van der Waals surface area contributed by atoms with Crippen LogP contribution >= 0.6 is 11.6 Å². The first-order chi connectivity index (χ1) is 6.81. The minimum Gasteiger partial charge on any atom is -0.388 e.